The van der Waals surface area contributed by atoms with Gasteiger partial charge in [0.25, 0.3) is 0 Å². The molecule has 3 rings (SSSR count). The van der Waals surface area contributed by atoms with Crippen LogP contribution in [0.2, 0.25) is 0 Å². The predicted molar refractivity (Wildman–Crippen MR) is 90.7 cm³/mol. The van der Waals surface area contributed by atoms with Crippen LogP contribution in [0.25, 0.3) is 6.08 Å². The molecule has 0 saturated heterocycles. The molecule has 0 unspecified atom stereocenters. The summed E-state index contributed by atoms with van der Waals surface area (Å²) in [7, 11) is 0. The van der Waals surface area contributed by atoms with Gasteiger partial charge in [0.1, 0.15) is 0 Å². The smallest absolute Gasteiger partial charge is 0.363 e. The van der Waals surface area contributed by atoms with Crippen molar-refractivity contribution in [3.63, 3.8) is 0 Å². The highest BCUT2D eigenvalue weighted by Gasteiger charge is 2.24. The van der Waals surface area contributed by atoms with Crippen LogP contribution < -0.4 is 0 Å². The number of carbonyl (C=O) groups is 1. The van der Waals surface area contributed by atoms with Crippen molar-refractivity contribution in [1.82, 2.24) is 0 Å². The average Bonchev–Trinajstić information content (AvgIpc) is 2.85. The Morgan fingerprint density at radius 3 is 2.55 bits per heavy atom. The summed E-state index contributed by atoms with van der Waals surface area (Å²) in [5.74, 6) is -0.0760. The van der Waals surface area contributed by atoms with Crippen LogP contribution in [0.1, 0.15) is 22.3 Å². The van der Waals surface area contributed by atoms with Gasteiger partial charge in [-0.3, -0.25) is 0 Å². The zero-order chi connectivity index (χ0) is 15.7. The Kier molecular flexibility index (Phi) is 3.94. The summed E-state index contributed by atoms with van der Waals surface area (Å²) in [5, 5.41) is 0. The van der Waals surface area contributed by atoms with Gasteiger partial charge in [-0.2, -0.15) is 0 Å². The molecule has 0 saturated carbocycles. The van der Waals surface area contributed by atoms with Gasteiger partial charge in [0.05, 0.1) is 0 Å². The number of halogens is 1. The molecule has 1 heterocycles. The van der Waals surface area contributed by atoms with E-state index in [2.05, 4.69) is 20.9 Å². The number of cyclic esters (lactones) is 1. The Morgan fingerprint density at radius 1 is 1.09 bits per heavy atom. The van der Waals surface area contributed by atoms with Crippen molar-refractivity contribution < 1.29 is 9.53 Å². The first-order chi connectivity index (χ1) is 10.5. The SMILES string of the molecule is Cc1ccc(C)c(/C=C2\N=C(c3ccc(Br)cc3)OC2=O)c1. The molecule has 22 heavy (non-hydrogen) atoms. The van der Waals surface area contributed by atoms with Crippen molar-refractivity contribution >= 4 is 33.9 Å². The fourth-order valence-electron chi connectivity index (χ4n) is 2.19. The summed E-state index contributed by atoms with van der Waals surface area (Å²) >= 11 is 3.38. The lowest BCUT2D eigenvalue weighted by molar-refractivity contribution is -0.129. The molecule has 0 atom stereocenters. The normalized spacial score (nSPS) is 15.9. The van der Waals surface area contributed by atoms with E-state index in [1.54, 1.807) is 6.08 Å². The minimum Gasteiger partial charge on any atom is -0.402 e. The number of aryl methyl sites for hydroxylation is 2. The monoisotopic (exact) mass is 355 g/mol. The Bertz CT molecular complexity index is 804. The van der Waals surface area contributed by atoms with Crippen LogP contribution in [0.3, 0.4) is 0 Å². The van der Waals surface area contributed by atoms with Gasteiger partial charge in [0, 0.05) is 10.0 Å². The lowest BCUT2D eigenvalue weighted by atomic mass is 10.0. The van der Waals surface area contributed by atoms with Crippen LogP contribution >= 0.6 is 15.9 Å². The molecule has 0 radical (unpaired) electrons. The van der Waals surface area contributed by atoms with Gasteiger partial charge in [-0.1, -0.05) is 39.7 Å². The molecule has 0 amide bonds. The highest BCUT2D eigenvalue weighted by Crippen LogP contribution is 2.22. The maximum atomic E-state index is 12.0. The first-order valence-corrected chi connectivity index (χ1v) is 7.68. The van der Waals surface area contributed by atoms with Crippen LogP contribution in [0.15, 0.2) is 57.6 Å². The Balaban J connectivity index is 1.97. The molecule has 0 aromatic heterocycles. The highest BCUT2D eigenvalue weighted by atomic mass is 79.9. The van der Waals surface area contributed by atoms with Crippen molar-refractivity contribution in [3.05, 3.63) is 74.9 Å². The number of aliphatic imine (C=N–C) groups is 1. The van der Waals surface area contributed by atoms with Gasteiger partial charge in [-0.15, -0.1) is 0 Å². The Hall–Kier alpha value is -2.20. The summed E-state index contributed by atoms with van der Waals surface area (Å²) in [6, 6.07) is 13.6. The van der Waals surface area contributed by atoms with Crippen molar-refractivity contribution in [3.8, 4) is 0 Å². The number of ether oxygens (including phenoxy) is 1. The number of hydrogen-bond acceptors (Lipinski definition) is 3. The average molecular weight is 356 g/mol. The molecular weight excluding hydrogens is 342 g/mol. The molecule has 2 aromatic carbocycles. The molecule has 4 heteroatoms. The van der Waals surface area contributed by atoms with Crippen LogP contribution in [0, 0.1) is 13.8 Å². The summed E-state index contributed by atoms with van der Waals surface area (Å²) in [6.07, 6.45) is 1.77. The second-order valence-electron chi connectivity index (χ2n) is 5.20. The zero-order valence-corrected chi connectivity index (χ0v) is 13.8. The topological polar surface area (TPSA) is 38.7 Å². The lowest BCUT2D eigenvalue weighted by Crippen LogP contribution is -2.05. The molecule has 1 aliphatic rings. The van der Waals surface area contributed by atoms with Crippen LogP contribution in [0.4, 0.5) is 0 Å². The van der Waals surface area contributed by atoms with E-state index in [0.717, 1.165) is 26.7 Å². The molecule has 0 N–H and O–H groups in total. The van der Waals surface area contributed by atoms with Crippen LogP contribution in [0.5, 0.6) is 0 Å². The first kappa shape index (κ1) is 14.7. The largest absolute Gasteiger partial charge is 0.402 e. The quantitative estimate of drug-likeness (QED) is 0.591. The second-order valence-corrected chi connectivity index (χ2v) is 6.12. The van der Waals surface area contributed by atoms with Crippen molar-refractivity contribution in [2.75, 3.05) is 0 Å². The number of hydrogen-bond donors (Lipinski definition) is 0. The molecule has 0 spiro atoms. The van der Waals surface area contributed by atoms with E-state index < -0.39 is 5.97 Å². The fraction of sp³-hybridized carbons (Fsp3) is 0.111. The summed E-state index contributed by atoms with van der Waals surface area (Å²) in [5.41, 5.74) is 4.32. The molecular formula is C18H14BrNO2. The van der Waals surface area contributed by atoms with Gasteiger partial charge in [0.2, 0.25) is 5.90 Å². The van der Waals surface area contributed by atoms with Crippen molar-refractivity contribution in [2.24, 2.45) is 4.99 Å². The van der Waals surface area contributed by atoms with Gasteiger partial charge < -0.3 is 4.74 Å². The third-order valence-corrected chi connectivity index (χ3v) is 3.97. The van der Waals surface area contributed by atoms with Gasteiger partial charge in [-0.25, -0.2) is 9.79 Å². The maximum Gasteiger partial charge on any atom is 0.363 e. The van der Waals surface area contributed by atoms with E-state index >= 15 is 0 Å². The lowest BCUT2D eigenvalue weighted by Gasteiger charge is -2.01. The van der Waals surface area contributed by atoms with Crippen molar-refractivity contribution in [1.29, 1.82) is 0 Å². The van der Waals surface area contributed by atoms with Gasteiger partial charge in [0.15, 0.2) is 5.70 Å². The number of nitrogens with zero attached hydrogens (tertiary/aromatic N) is 1. The van der Waals surface area contributed by atoms with Crippen LogP contribution in [-0.4, -0.2) is 11.9 Å². The summed E-state index contributed by atoms with van der Waals surface area (Å²) < 4.78 is 6.23. The number of carbonyl (C=O) groups excluding carboxylic acids is 1. The molecule has 1 aliphatic heterocycles. The standard InChI is InChI=1S/C18H14BrNO2/c1-11-3-4-12(2)14(9-11)10-16-18(21)22-17(20-16)13-5-7-15(19)8-6-13/h3-10H,1-2H3/b16-10-. The Morgan fingerprint density at radius 2 is 1.82 bits per heavy atom. The number of rotatable bonds is 2. The van der Waals surface area contributed by atoms with E-state index in [0.29, 0.717) is 11.6 Å². The van der Waals surface area contributed by atoms with E-state index in [4.69, 9.17) is 4.74 Å². The third-order valence-electron chi connectivity index (χ3n) is 3.44. The fourth-order valence-corrected chi connectivity index (χ4v) is 2.45. The van der Waals surface area contributed by atoms with E-state index in [1.807, 2.05) is 56.3 Å². The first-order valence-electron chi connectivity index (χ1n) is 6.89. The van der Waals surface area contributed by atoms with Gasteiger partial charge in [-0.05, 0) is 55.3 Å². The minimum absolute atomic E-state index is 0.326. The zero-order valence-electron chi connectivity index (χ0n) is 12.3. The van der Waals surface area contributed by atoms with Crippen molar-refractivity contribution in [2.45, 2.75) is 13.8 Å². The molecule has 0 fully saturated rings. The molecule has 3 nitrogen and oxygen atoms in total. The predicted octanol–water partition coefficient (Wildman–Crippen LogP) is 4.41. The minimum atomic E-state index is -0.418. The number of benzene rings is 2. The van der Waals surface area contributed by atoms with Gasteiger partial charge >= 0.3 is 5.97 Å². The maximum absolute atomic E-state index is 12.0. The highest BCUT2D eigenvalue weighted by molar-refractivity contribution is 9.10. The van der Waals surface area contributed by atoms with Crippen LogP contribution in [-0.2, 0) is 9.53 Å². The summed E-state index contributed by atoms with van der Waals surface area (Å²) in [4.78, 5) is 16.3. The van der Waals surface area contributed by atoms with E-state index in [9.17, 15) is 4.79 Å². The third kappa shape index (κ3) is 3.02. The second kappa shape index (κ2) is 5.89. The molecule has 110 valence electrons. The molecule has 2 aromatic rings. The Labute approximate surface area is 137 Å². The summed E-state index contributed by atoms with van der Waals surface area (Å²) in [6.45, 7) is 4.02. The molecule has 0 bridgehead atoms. The molecule has 0 aliphatic carbocycles. The van der Waals surface area contributed by atoms with E-state index in [1.165, 1.54) is 0 Å². The van der Waals surface area contributed by atoms with E-state index in [-0.39, 0.29) is 0 Å². The number of esters is 1.